The third-order valence-electron chi connectivity index (χ3n) is 2.53. The first kappa shape index (κ1) is 13.4. The van der Waals surface area contributed by atoms with Crippen LogP contribution in [-0.4, -0.2) is 24.1 Å². The Morgan fingerprint density at radius 3 is 2.58 bits per heavy atom. The normalized spacial score (nSPS) is 10.1. The summed E-state index contributed by atoms with van der Waals surface area (Å²) in [5, 5.41) is 6.74. The standard InChI is InChI=1S/C13H15ClN4O/c1-8-16-12(15-2)7-13(17-8)18-11-6-9(19-3)4-5-10(11)14/h4-7H,1-3H3,(H2,15,16,17,18). The number of aryl methyl sites for hydroxylation is 1. The summed E-state index contributed by atoms with van der Waals surface area (Å²) in [6.45, 7) is 1.83. The number of hydrogen-bond donors (Lipinski definition) is 2. The summed E-state index contributed by atoms with van der Waals surface area (Å²) >= 11 is 6.14. The fourth-order valence-electron chi connectivity index (χ4n) is 1.62. The van der Waals surface area contributed by atoms with Gasteiger partial charge in [0, 0.05) is 19.2 Å². The number of halogens is 1. The van der Waals surface area contributed by atoms with Crippen molar-refractivity contribution in [2.24, 2.45) is 0 Å². The molecule has 0 unspecified atom stereocenters. The molecule has 2 N–H and O–H groups in total. The zero-order valence-electron chi connectivity index (χ0n) is 11.0. The smallest absolute Gasteiger partial charge is 0.136 e. The van der Waals surface area contributed by atoms with Gasteiger partial charge in [0.25, 0.3) is 0 Å². The van der Waals surface area contributed by atoms with Crippen LogP contribution in [0.15, 0.2) is 24.3 Å². The fraction of sp³-hybridized carbons (Fsp3) is 0.231. The van der Waals surface area contributed by atoms with Crippen LogP contribution in [0.2, 0.25) is 5.02 Å². The average Bonchev–Trinajstić information content (AvgIpc) is 2.40. The van der Waals surface area contributed by atoms with Crippen LogP contribution >= 0.6 is 11.6 Å². The number of benzene rings is 1. The van der Waals surface area contributed by atoms with Gasteiger partial charge in [0.05, 0.1) is 17.8 Å². The molecule has 100 valence electrons. The summed E-state index contributed by atoms with van der Waals surface area (Å²) in [6, 6.07) is 7.20. The third kappa shape index (κ3) is 3.26. The minimum absolute atomic E-state index is 0.600. The van der Waals surface area contributed by atoms with Crippen LogP contribution in [-0.2, 0) is 0 Å². The molecule has 6 heteroatoms. The zero-order chi connectivity index (χ0) is 13.8. The molecular weight excluding hydrogens is 264 g/mol. The molecule has 1 aromatic heterocycles. The van der Waals surface area contributed by atoms with Crippen molar-refractivity contribution in [3.05, 3.63) is 35.1 Å². The summed E-state index contributed by atoms with van der Waals surface area (Å²) in [7, 11) is 3.42. The van der Waals surface area contributed by atoms with E-state index in [1.807, 2.05) is 26.1 Å². The lowest BCUT2D eigenvalue weighted by Gasteiger charge is -2.11. The molecule has 19 heavy (non-hydrogen) atoms. The molecule has 1 heterocycles. The number of ether oxygens (including phenoxy) is 1. The summed E-state index contributed by atoms with van der Waals surface area (Å²) in [5.74, 6) is 2.82. The van der Waals surface area contributed by atoms with E-state index in [4.69, 9.17) is 16.3 Å². The molecule has 0 amide bonds. The molecule has 0 spiro atoms. The molecule has 5 nitrogen and oxygen atoms in total. The number of anilines is 3. The van der Waals surface area contributed by atoms with Gasteiger partial charge in [-0.3, -0.25) is 0 Å². The van der Waals surface area contributed by atoms with E-state index < -0.39 is 0 Å². The van der Waals surface area contributed by atoms with Crippen LogP contribution < -0.4 is 15.4 Å². The summed E-state index contributed by atoms with van der Waals surface area (Å²) < 4.78 is 5.17. The first-order chi connectivity index (χ1) is 9.12. The maximum Gasteiger partial charge on any atom is 0.136 e. The molecule has 0 aliphatic carbocycles. The number of nitrogens with zero attached hydrogens (tertiary/aromatic N) is 2. The third-order valence-corrected chi connectivity index (χ3v) is 2.86. The maximum atomic E-state index is 6.14. The highest BCUT2D eigenvalue weighted by Crippen LogP contribution is 2.29. The lowest BCUT2D eigenvalue weighted by molar-refractivity contribution is 0.415. The summed E-state index contributed by atoms with van der Waals surface area (Å²) in [5.41, 5.74) is 0.737. The van der Waals surface area contributed by atoms with Gasteiger partial charge in [-0.05, 0) is 19.1 Å². The molecule has 0 bridgehead atoms. The van der Waals surface area contributed by atoms with Crippen molar-refractivity contribution in [2.75, 3.05) is 24.8 Å². The number of aromatic nitrogens is 2. The molecule has 0 saturated heterocycles. The first-order valence-electron chi connectivity index (χ1n) is 5.76. The second kappa shape index (κ2) is 5.75. The largest absolute Gasteiger partial charge is 0.497 e. The monoisotopic (exact) mass is 278 g/mol. The number of rotatable bonds is 4. The van der Waals surface area contributed by atoms with Gasteiger partial charge in [0.2, 0.25) is 0 Å². The lowest BCUT2D eigenvalue weighted by Crippen LogP contribution is -2.01. The molecule has 2 aromatic rings. The van der Waals surface area contributed by atoms with Gasteiger partial charge in [-0.2, -0.15) is 0 Å². The van der Waals surface area contributed by atoms with Crippen LogP contribution in [0.1, 0.15) is 5.82 Å². The van der Waals surface area contributed by atoms with E-state index in [9.17, 15) is 0 Å². The predicted octanol–water partition coefficient (Wildman–Crippen LogP) is 3.23. The van der Waals surface area contributed by atoms with E-state index in [1.165, 1.54) is 0 Å². The molecule has 0 fully saturated rings. The highest BCUT2D eigenvalue weighted by Gasteiger charge is 2.06. The van der Waals surface area contributed by atoms with Crippen LogP contribution in [0.4, 0.5) is 17.3 Å². The van der Waals surface area contributed by atoms with E-state index in [1.54, 1.807) is 19.2 Å². The lowest BCUT2D eigenvalue weighted by atomic mass is 10.3. The molecule has 2 rings (SSSR count). The number of nitrogens with one attached hydrogen (secondary N) is 2. The van der Waals surface area contributed by atoms with Gasteiger partial charge in [-0.15, -0.1) is 0 Å². The highest BCUT2D eigenvalue weighted by molar-refractivity contribution is 6.33. The van der Waals surface area contributed by atoms with Crippen molar-refractivity contribution in [3.8, 4) is 5.75 Å². The Morgan fingerprint density at radius 2 is 1.89 bits per heavy atom. The molecule has 0 aliphatic rings. The molecule has 1 aromatic carbocycles. The van der Waals surface area contributed by atoms with Crippen LogP contribution in [0.25, 0.3) is 0 Å². The van der Waals surface area contributed by atoms with E-state index in [2.05, 4.69) is 20.6 Å². The second-order valence-corrected chi connectivity index (χ2v) is 4.31. The van der Waals surface area contributed by atoms with Crippen molar-refractivity contribution in [2.45, 2.75) is 6.92 Å². The topological polar surface area (TPSA) is 59.1 Å². The van der Waals surface area contributed by atoms with Crippen LogP contribution in [0.3, 0.4) is 0 Å². The van der Waals surface area contributed by atoms with E-state index in [-0.39, 0.29) is 0 Å². The Morgan fingerprint density at radius 1 is 1.16 bits per heavy atom. The maximum absolute atomic E-state index is 6.14. The highest BCUT2D eigenvalue weighted by atomic mass is 35.5. The van der Waals surface area contributed by atoms with Gasteiger partial charge in [0.1, 0.15) is 23.2 Å². The molecule has 0 saturated carbocycles. The number of methoxy groups -OCH3 is 1. The van der Waals surface area contributed by atoms with E-state index >= 15 is 0 Å². The minimum atomic E-state index is 0.600. The predicted molar refractivity (Wildman–Crippen MR) is 77.6 cm³/mol. The van der Waals surface area contributed by atoms with E-state index in [0.717, 1.165) is 17.3 Å². The number of hydrogen-bond acceptors (Lipinski definition) is 5. The van der Waals surface area contributed by atoms with Crippen molar-refractivity contribution in [1.82, 2.24) is 9.97 Å². The van der Waals surface area contributed by atoms with Crippen molar-refractivity contribution in [1.29, 1.82) is 0 Å². The molecular formula is C13H15ClN4O. The molecule has 0 aliphatic heterocycles. The summed E-state index contributed by atoms with van der Waals surface area (Å²) in [6.07, 6.45) is 0. The minimum Gasteiger partial charge on any atom is -0.497 e. The van der Waals surface area contributed by atoms with E-state index in [0.29, 0.717) is 16.7 Å². The Balaban J connectivity index is 2.32. The molecule has 0 radical (unpaired) electrons. The van der Waals surface area contributed by atoms with Crippen molar-refractivity contribution < 1.29 is 4.74 Å². The fourth-order valence-corrected chi connectivity index (χ4v) is 1.79. The van der Waals surface area contributed by atoms with Gasteiger partial charge < -0.3 is 15.4 Å². The van der Waals surface area contributed by atoms with Gasteiger partial charge >= 0.3 is 0 Å². The van der Waals surface area contributed by atoms with Crippen LogP contribution in [0, 0.1) is 6.92 Å². The van der Waals surface area contributed by atoms with Gasteiger partial charge in [-0.25, -0.2) is 9.97 Å². The van der Waals surface area contributed by atoms with Gasteiger partial charge in [-0.1, -0.05) is 11.6 Å². The van der Waals surface area contributed by atoms with Crippen molar-refractivity contribution in [3.63, 3.8) is 0 Å². The van der Waals surface area contributed by atoms with Crippen molar-refractivity contribution >= 4 is 28.9 Å². The first-order valence-corrected chi connectivity index (χ1v) is 6.14. The van der Waals surface area contributed by atoms with Crippen LogP contribution in [0.5, 0.6) is 5.75 Å². The Kier molecular flexibility index (Phi) is 4.06. The Labute approximate surface area is 117 Å². The second-order valence-electron chi connectivity index (χ2n) is 3.91. The SMILES string of the molecule is CNc1cc(Nc2cc(OC)ccc2Cl)nc(C)n1. The zero-order valence-corrected chi connectivity index (χ0v) is 11.7. The van der Waals surface area contributed by atoms with Gasteiger partial charge in [0.15, 0.2) is 0 Å². The Bertz CT molecular complexity index is 589. The quantitative estimate of drug-likeness (QED) is 0.899. The molecule has 0 atom stereocenters. The Hall–Kier alpha value is -2.01. The average molecular weight is 279 g/mol. The summed E-state index contributed by atoms with van der Waals surface area (Å²) in [4.78, 5) is 8.54.